The lowest BCUT2D eigenvalue weighted by Gasteiger charge is -2.26. The van der Waals surface area contributed by atoms with Gasteiger partial charge in [-0.3, -0.25) is 14.2 Å². The number of amides is 1. The number of aromatic nitrogens is 2. The highest BCUT2D eigenvalue weighted by Crippen LogP contribution is 2.30. The summed E-state index contributed by atoms with van der Waals surface area (Å²) in [5, 5.41) is 7.41. The highest BCUT2D eigenvalue weighted by molar-refractivity contribution is 7.93. The van der Waals surface area contributed by atoms with Crippen LogP contribution in [0.5, 0.6) is 0 Å². The molecule has 15 heteroatoms. The zero-order valence-electron chi connectivity index (χ0n) is 21.1. The number of anilines is 4. The molecule has 4 aromatic rings. The number of hydrogen-bond acceptors (Lipinski definition) is 10. The zero-order chi connectivity index (χ0) is 28.2. The Labute approximate surface area is 240 Å². The number of fused-ring (bicyclic) bond motifs is 2. The van der Waals surface area contributed by atoms with E-state index in [-0.39, 0.29) is 9.79 Å². The Morgan fingerprint density at radius 3 is 2.02 bits per heavy atom. The van der Waals surface area contributed by atoms with E-state index in [0.29, 0.717) is 16.8 Å². The van der Waals surface area contributed by atoms with Crippen molar-refractivity contribution in [3.05, 3.63) is 70.7 Å². The molecule has 0 aliphatic carbocycles. The zero-order valence-corrected chi connectivity index (χ0v) is 24.4. The van der Waals surface area contributed by atoms with E-state index in [1.54, 1.807) is 46.1 Å². The SMILES string of the molecule is O=CN1CCCc2cc(S(=O)(=O)Nc3nccs3)ccc21.O=S(=O)(Nc1nccs1)c1ccc2c(c1)CCCN2. The van der Waals surface area contributed by atoms with Gasteiger partial charge in [-0.05, 0) is 73.2 Å². The minimum absolute atomic E-state index is 0.184. The number of benzene rings is 2. The summed E-state index contributed by atoms with van der Waals surface area (Å²) < 4.78 is 54.0. The third-order valence-electron chi connectivity index (χ3n) is 6.28. The number of sulfonamides is 2. The van der Waals surface area contributed by atoms with Gasteiger partial charge in [-0.2, -0.15) is 0 Å². The summed E-state index contributed by atoms with van der Waals surface area (Å²) in [6.45, 7) is 1.61. The van der Waals surface area contributed by atoms with Crippen molar-refractivity contribution < 1.29 is 21.6 Å². The summed E-state index contributed by atoms with van der Waals surface area (Å²) in [4.78, 5) is 20.9. The van der Waals surface area contributed by atoms with Gasteiger partial charge in [0.25, 0.3) is 20.0 Å². The van der Waals surface area contributed by atoms with E-state index in [1.165, 1.54) is 34.9 Å². The highest BCUT2D eigenvalue weighted by Gasteiger charge is 2.22. The molecule has 40 heavy (non-hydrogen) atoms. The Balaban J connectivity index is 0.000000162. The van der Waals surface area contributed by atoms with Crippen molar-refractivity contribution in [2.75, 3.05) is 32.8 Å². The Morgan fingerprint density at radius 2 is 1.43 bits per heavy atom. The van der Waals surface area contributed by atoms with E-state index in [1.807, 2.05) is 6.07 Å². The molecule has 0 unspecified atom stereocenters. The summed E-state index contributed by atoms with van der Waals surface area (Å²) in [6.07, 6.45) is 7.41. The van der Waals surface area contributed by atoms with E-state index in [9.17, 15) is 21.6 Å². The molecule has 2 aromatic carbocycles. The van der Waals surface area contributed by atoms with E-state index < -0.39 is 20.0 Å². The molecule has 0 atom stereocenters. The summed E-state index contributed by atoms with van der Waals surface area (Å²) in [6, 6.07) is 9.99. The van der Waals surface area contributed by atoms with E-state index in [4.69, 9.17) is 0 Å². The molecule has 0 radical (unpaired) electrons. The second-order valence-corrected chi connectivity index (χ2v) is 14.1. The maximum Gasteiger partial charge on any atom is 0.263 e. The largest absolute Gasteiger partial charge is 0.385 e. The maximum atomic E-state index is 12.3. The van der Waals surface area contributed by atoms with E-state index >= 15 is 0 Å². The highest BCUT2D eigenvalue weighted by atomic mass is 32.2. The second kappa shape index (κ2) is 11.9. The van der Waals surface area contributed by atoms with E-state index in [2.05, 4.69) is 24.7 Å². The Morgan fingerprint density at radius 1 is 0.825 bits per heavy atom. The van der Waals surface area contributed by atoms with Crippen molar-refractivity contribution in [2.45, 2.75) is 35.5 Å². The van der Waals surface area contributed by atoms with Crippen LogP contribution in [0.25, 0.3) is 0 Å². The molecule has 1 amide bonds. The fraction of sp³-hybridized carbons (Fsp3) is 0.240. The Kier molecular flexibility index (Phi) is 8.35. The van der Waals surface area contributed by atoms with Gasteiger partial charge in [0.2, 0.25) is 6.41 Å². The van der Waals surface area contributed by atoms with Gasteiger partial charge in [0.1, 0.15) is 0 Å². The standard InChI is InChI=1S/C13H13N3O3S2.C12H13N3O2S2/c17-9-16-6-1-2-10-8-11(3-4-12(10)16)21(18,19)15-13-14-5-7-20-13;16-19(17,15-12-14-6-7-18-12)10-3-4-11-9(8-10)2-1-5-13-11/h3-5,7-9H,1-2,6H2,(H,14,15);3-4,6-8,13H,1-2,5H2,(H,14,15). The molecular formula is C25H26N6O5S4. The summed E-state index contributed by atoms with van der Waals surface area (Å²) in [5.74, 6) is 0. The third kappa shape index (κ3) is 6.43. The topological polar surface area (TPSA) is 150 Å². The van der Waals surface area contributed by atoms with Crippen molar-refractivity contribution in [1.29, 1.82) is 0 Å². The Hall–Kier alpha value is -3.53. The number of aryl methyl sites for hydroxylation is 2. The molecule has 2 aliphatic heterocycles. The third-order valence-corrected chi connectivity index (χ3v) is 10.6. The first kappa shape index (κ1) is 28.0. The molecule has 0 bridgehead atoms. The fourth-order valence-corrected chi connectivity index (χ4v) is 8.07. The van der Waals surface area contributed by atoms with Gasteiger partial charge < -0.3 is 10.2 Å². The van der Waals surface area contributed by atoms with Crippen molar-refractivity contribution in [3.63, 3.8) is 0 Å². The van der Waals surface area contributed by atoms with Crippen molar-refractivity contribution >= 4 is 70.8 Å². The smallest absolute Gasteiger partial charge is 0.263 e. The molecule has 2 aliphatic rings. The first-order valence-electron chi connectivity index (χ1n) is 12.3. The van der Waals surface area contributed by atoms with Gasteiger partial charge in [0, 0.05) is 47.6 Å². The average molecular weight is 619 g/mol. The summed E-state index contributed by atoms with van der Waals surface area (Å²) in [7, 11) is -7.20. The number of carbonyl (C=O) groups is 1. The summed E-state index contributed by atoms with van der Waals surface area (Å²) >= 11 is 2.48. The molecule has 210 valence electrons. The van der Waals surface area contributed by atoms with Gasteiger partial charge >= 0.3 is 0 Å². The van der Waals surface area contributed by atoms with Gasteiger partial charge in [-0.15, -0.1) is 22.7 Å². The van der Waals surface area contributed by atoms with Crippen molar-refractivity contribution in [3.8, 4) is 0 Å². The van der Waals surface area contributed by atoms with Gasteiger partial charge in [-0.1, -0.05) is 0 Å². The molecule has 2 aromatic heterocycles. The lowest BCUT2D eigenvalue weighted by atomic mass is 10.0. The number of nitrogens with one attached hydrogen (secondary N) is 3. The van der Waals surface area contributed by atoms with Crippen molar-refractivity contribution in [1.82, 2.24) is 9.97 Å². The number of hydrogen-bond donors (Lipinski definition) is 3. The van der Waals surface area contributed by atoms with Crippen LogP contribution in [-0.2, 0) is 37.7 Å². The van der Waals surface area contributed by atoms with Gasteiger partial charge in [0.15, 0.2) is 10.3 Å². The number of thiazole rings is 2. The van der Waals surface area contributed by atoms with Crippen LogP contribution < -0.4 is 19.7 Å². The molecule has 11 nitrogen and oxygen atoms in total. The predicted octanol–water partition coefficient (Wildman–Crippen LogP) is 4.15. The van der Waals surface area contributed by atoms with Crippen molar-refractivity contribution in [2.24, 2.45) is 0 Å². The van der Waals surface area contributed by atoms with Crippen LogP contribution in [0.2, 0.25) is 0 Å². The van der Waals surface area contributed by atoms with Crippen LogP contribution in [0, 0.1) is 0 Å². The minimum atomic E-state index is -3.65. The van der Waals surface area contributed by atoms with Crippen LogP contribution in [0.3, 0.4) is 0 Å². The molecule has 0 fully saturated rings. The Bertz CT molecular complexity index is 1690. The van der Waals surface area contributed by atoms with Crippen LogP contribution in [0.15, 0.2) is 69.3 Å². The molecule has 6 rings (SSSR count). The van der Waals surface area contributed by atoms with Crippen LogP contribution in [0.1, 0.15) is 24.0 Å². The van der Waals surface area contributed by atoms with Crippen LogP contribution in [0.4, 0.5) is 21.6 Å². The lowest BCUT2D eigenvalue weighted by molar-refractivity contribution is -0.107. The molecular weight excluding hydrogens is 593 g/mol. The average Bonchev–Trinajstić information content (AvgIpc) is 3.66. The number of carbonyl (C=O) groups excluding carboxylic acids is 1. The molecule has 3 N–H and O–H groups in total. The van der Waals surface area contributed by atoms with Crippen LogP contribution >= 0.6 is 22.7 Å². The quantitative estimate of drug-likeness (QED) is 0.262. The van der Waals surface area contributed by atoms with Gasteiger partial charge in [0.05, 0.1) is 9.79 Å². The maximum absolute atomic E-state index is 12.3. The van der Waals surface area contributed by atoms with Crippen LogP contribution in [-0.4, -0.2) is 46.3 Å². The van der Waals surface area contributed by atoms with E-state index in [0.717, 1.165) is 61.1 Å². The minimum Gasteiger partial charge on any atom is -0.385 e. The van der Waals surface area contributed by atoms with Gasteiger partial charge in [-0.25, -0.2) is 26.8 Å². The lowest BCUT2D eigenvalue weighted by Crippen LogP contribution is -2.28. The normalized spacial score (nSPS) is 14.6. The summed E-state index contributed by atoms with van der Waals surface area (Å²) in [5.41, 5.74) is 3.73. The molecule has 0 saturated heterocycles. The monoisotopic (exact) mass is 618 g/mol. The number of nitrogens with zero attached hydrogens (tertiary/aromatic N) is 3. The first-order valence-corrected chi connectivity index (χ1v) is 17.0. The second-order valence-electron chi connectivity index (χ2n) is 8.93. The molecule has 0 spiro atoms. The predicted molar refractivity (Wildman–Crippen MR) is 157 cm³/mol. The number of rotatable bonds is 7. The molecule has 4 heterocycles. The first-order chi connectivity index (χ1) is 19.2. The fourth-order valence-electron chi connectivity index (χ4n) is 4.39. The molecule has 0 saturated carbocycles.